The van der Waals surface area contributed by atoms with Gasteiger partial charge in [-0.25, -0.2) is 0 Å². The average molecular weight is 250 g/mol. The predicted molar refractivity (Wildman–Crippen MR) is 72.2 cm³/mol. The molecule has 0 aromatic carbocycles. The van der Waals surface area contributed by atoms with E-state index in [1.165, 1.54) is 0 Å². The first-order valence-corrected chi connectivity index (χ1v) is 6.55. The molecule has 0 bridgehead atoms. The number of rotatable bonds is 7. The van der Waals surface area contributed by atoms with E-state index < -0.39 is 6.10 Å². The monoisotopic (exact) mass is 250 g/mol. The number of carbonyl (C=O) groups is 1. The summed E-state index contributed by atoms with van der Waals surface area (Å²) in [6.45, 7) is 2.06. The molecule has 0 heterocycles. The van der Waals surface area contributed by atoms with Gasteiger partial charge in [0.05, 0.1) is 6.10 Å². The van der Waals surface area contributed by atoms with Gasteiger partial charge < -0.3 is 10.2 Å². The van der Waals surface area contributed by atoms with Crippen molar-refractivity contribution in [2.45, 2.75) is 45.1 Å². The Morgan fingerprint density at radius 2 is 2.17 bits per heavy atom. The van der Waals surface area contributed by atoms with Gasteiger partial charge in [0.2, 0.25) is 0 Å². The molecule has 1 unspecified atom stereocenters. The van der Waals surface area contributed by atoms with Crippen LogP contribution in [0.4, 0.5) is 0 Å². The van der Waals surface area contributed by atoms with Crippen LogP contribution >= 0.6 is 0 Å². The van der Waals surface area contributed by atoms with Crippen LogP contribution < -0.4 is 0 Å². The number of allylic oxidation sites excluding steroid dienone is 3. The van der Waals surface area contributed by atoms with Crippen LogP contribution in [0.15, 0.2) is 35.5 Å². The lowest BCUT2D eigenvalue weighted by Gasteiger charge is -2.05. The topological polar surface area (TPSA) is 57.5 Å². The van der Waals surface area contributed by atoms with Crippen molar-refractivity contribution in [3.8, 4) is 0 Å². The molecule has 3 heteroatoms. The maximum atomic E-state index is 11.8. The fourth-order valence-electron chi connectivity index (χ4n) is 1.93. The third-order valence-electron chi connectivity index (χ3n) is 2.98. The summed E-state index contributed by atoms with van der Waals surface area (Å²) in [6, 6.07) is 0. The van der Waals surface area contributed by atoms with Gasteiger partial charge in [0.15, 0.2) is 5.78 Å². The molecule has 1 rings (SSSR count). The zero-order valence-electron chi connectivity index (χ0n) is 10.9. The molecule has 0 amide bonds. The molecular weight excluding hydrogens is 228 g/mol. The highest BCUT2D eigenvalue weighted by Crippen LogP contribution is 2.23. The number of Topliss-reactive ketones (excluding diaryl/α,β-unsaturated/α-hetero) is 1. The summed E-state index contributed by atoms with van der Waals surface area (Å²) in [5, 5.41) is 18.5. The maximum Gasteiger partial charge on any atom is 0.184 e. The molecule has 3 nitrogen and oxygen atoms in total. The second-order valence-corrected chi connectivity index (χ2v) is 4.47. The van der Waals surface area contributed by atoms with E-state index in [-0.39, 0.29) is 12.4 Å². The summed E-state index contributed by atoms with van der Waals surface area (Å²) in [4.78, 5) is 11.8. The standard InChI is InChI=1S/C15H22O3/c1-2-3-4-5-14(17)9-8-12-6-7-13(10-11-16)15(12)18/h3-4,7-8,14,16-17H,2,5-6,9-11H2,1H3. The molecule has 1 atom stereocenters. The van der Waals surface area contributed by atoms with E-state index in [2.05, 4.69) is 6.92 Å². The third-order valence-corrected chi connectivity index (χ3v) is 2.98. The minimum atomic E-state index is -0.421. The zero-order valence-corrected chi connectivity index (χ0v) is 10.9. The SMILES string of the molecule is CCC=CCC(O)CC=C1CC=C(CCO)C1=O. The van der Waals surface area contributed by atoms with Crippen LogP contribution in [0.3, 0.4) is 0 Å². The van der Waals surface area contributed by atoms with E-state index in [0.717, 1.165) is 12.0 Å². The van der Waals surface area contributed by atoms with Crippen LogP contribution in [0.2, 0.25) is 0 Å². The van der Waals surface area contributed by atoms with Gasteiger partial charge in [-0.1, -0.05) is 31.2 Å². The van der Waals surface area contributed by atoms with Crippen molar-refractivity contribution in [1.29, 1.82) is 0 Å². The number of hydrogen-bond donors (Lipinski definition) is 2. The summed E-state index contributed by atoms with van der Waals surface area (Å²) in [7, 11) is 0. The first-order chi connectivity index (χ1) is 8.69. The number of ketones is 1. The minimum Gasteiger partial charge on any atom is -0.396 e. The van der Waals surface area contributed by atoms with E-state index in [4.69, 9.17) is 5.11 Å². The largest absolute Gasteiger partial charge is 0.396 e. The summed E-state index contributed by atoms with van der Waals surface area (Å²) < 4.78 is 0. The van der Waals surface area contributed by atoms with E-state index in [9.17, 15) is 9.90 Å². The highest BCUT2D eigenvalue weighted by atomic mass is 16.3. The first kappa shape index (κ1) is 14.9. The van der Waals surface area contributed by atoms with Crippen LogP contribution in [0, 0.1) is 0 Å². The highest BCUT2D eigenvalue weighted by molar-refractivity contribution is 6.10. The van der Waals surface area contributed by atoms with Crippen molar-refractivity contribution in [1.82, 2.24) is 0 Å². The van der Waals surface area contributed by atoms with Gasteiger partial charge in [-0.05, 0) is 43.3 Å². The zero-order chi connectivity index (χ0) is 13.4. The molecule has 0 saturated carbocycles. The fourth-order valence-corrected chi connectivity index (χ4v) is 1.93. The quantitative estimate of drug-likeness (QED) is 0.538. The molecule has 0 aromatic heterocycles. The number of aliphatic hydroxyl groups is 2. The summed E-state index contributed by atoms with van der Waals surface area (Å²) in [5.74, 6) is 0.0281. The van der Waals surface area contributed by atoms with Gasteiger partial charge in [0.1, 0.15) is 0 Å². The minimum absolute atomic E-state index is 0.00922. The number of hydrogen-bond acceptors (Lipinski definition) is 3. The summed E-state index contributed by atoms with van der Waals surface area (Å²) in [5.41, 5.74) is 1.45. The third kappa shape index (κ3) is 4.59. The van der Waals surface area contributed by atoms with Crippen molar-refractivity contribution in [2.75, 3.05) is 6.61 Å². The number of carbonyl (C=O) groups excluding carboxylic acids is 1. The second-order valence-electron chi connectivity index (χ2n) is 4.47. The van der Waals surface area contributed by atoms with Crippen LogP contribution in [-0.2, 0) is 4.79 Å². The maximum absolute atomic E-state index is 11.8. The van der Waals surface area contributed by atoms with Crippen LogP contribution in [-0.4, -0.2) is 28.7 Å². The molecule has 0 saturated heterocycles. The van der Waals surface area contributed by atoms with E-state index in [0.29, 0.717) is 31.3 Å². The molecule has 100 valence electrons. The Bertz CT molecular complexity index is 364. The Morgan fingerprint density at radius 1 is 1.39 bits per heavy atom. The van der Waals surface area contributed by atoms with Gasteiger partial charge in [-0.15, -0.1) is 0 Å². The van der Waals surface area contributed by atoms with E-state index >= 15 is 0 Å². The van der Waals surface area contributed by atoms with Crippen LogP contribution in [0.5, 0.6) is 0 Å². The summed E-state index contributed by atoms with van der Waals surface area (Å²) in [6.07, 6.45) is 10.4. The molecule has 1 aliphatic rings. The lowest BCUT2D eigenvalue weighted by Crippen LogP contribution is -2.05. The Kier molecular flexibility index (Phi) is 6.61. The Morgan fingerprint density at radius 3 is 2.83 bits per heavy atom. The highest BCUT2D eigenvalue weighted by Gasteiger charge is 2.19. The smallest absolute Gasteiger partial charge is 0.184 e. The Balaban J connectivity index is 2.41. The van der Waals surface area contributed by atoms with Gasteiger partial charge in [0, 0.05) is 6.61 Å². The van der Waals surface area contributed by atoms with Crippen molar-refractivity contribution in [3.05, 3.63) is 35.5 Å². The molecule has 0 aromatic rings. The first-order valence-electron chi connectivity index (χ1n) is 6.55. The Labute approximate surface area is 109 Å². The predicted octanol–water partition coefficient (Wildman–Crippen LogP) is 2.30. The fraction of sp³-hybridized carbons (Fsp3) is 0.533. The lowest BCUT2D eigenvalue weighted by atomic mass is 10.1. The van der Waals surface area contributed by atoms with Gasteiger partial charge in [-0.3, -0.25) is 4.79 Å². The van der Waals surface area contributed by atoms with Crippen LogP contribution in [0.1, 0.15) is 39.0 Å². The van der Waals surface area contributed by atoms with E-state index in [1.54, 1.807) is 0 Å². The van der Waals surface area contributed by atoms with Crippen molar-refractivity contribution in [2.24, 2.45) is 0 Å². The van der Waals surface area contributed by atoms with Gasteiger partial charge in [-0.2, -0.15) is 0 Å². The lowest BCUT2D eigenvalue weighted by molar-refractivity contribution is -0.112. The molecule has 0 spiro atoms. The Hall–Kier alpha value is -1.19. The molecule has 2 N–H and O–H groups in total. The van der Waals surface area contributed by atoms with Gasteiger partial charge in [0.25, 0.3) is 0 Å². The normalized spacial score (nSPS) is 19.8. The molecule has 0 fully saturated rings. The van der Waals surface area contributed by atoms with Crippen molar-refractivity contribution in [3.63, 3.8) is 0 Å². The van der Waals surface area contributed by atoms with Crippen molar-refractivity contribution >= 4 is 5.78 Å². The number of aliphatic hydroxyl groups excluding tert-OH is 2. The van der Waals surface area contributed by atoms with Crippen LogP contribution in [0.25, 0.3) is 0 Å². The molecule has 0 radical (unpaired) electrons. The molecule has 1 aliphatic carbocycles. The molecule has 18 heavy (non-hydrogen) atoms. The average Bonchev–Trinajstić information content (AvgIpc) is 2.69. The van der Waals surface area contributed by atoms with E-state index in [1.807, 2.05) is 24.3 Å². The van der Waals surface area contributed by atoms with Gasteiger partial charge >= 0.3 is 0 Å². The summed E-state index contributed by atoms with van der Waals surface area (Å²) >= 11 is 0. The molecular formula is C15H22O3. The molecule has 0 aliphatic heterocycles. The second kappa shape index (κ2) is 8.01. The van der Waals surface area contributed by atoms with Crippen molar-refractivity contribution < 1.29 is 15.0 Å².